The summed E-state index contributed by atoms with van der Waals surface area (Å²) in [5.74, 6) is -1.29. The number of hydrogen-bond acceptors (Lipinski definition) is 5. The minimum Gasteiger partial charge on any atom is -0.478 e. The average Bonchev–Trinajstić information content (AvgIpc) is 2.06. The molecule has 6 nitrogen and oxygen atoms in total. The van der Waals surface area contributed by atoms with E-state index in [4.69, 9.17) is 16.0 Å². The number of sulfonamides is 1. The van der Waals surface area contributed by atoms with Gasteiger partial charge >= 0.3 is 5.97 Å². The Morgan fingerprint density at radius 1 is 1.40 bits per heavy atom. The normalized spacial score (nSPS) is 11.3. The second-order valence-corrected chi connectivity index (χ2v) is 4.74. The number of nitrogen functional groups attached to an aromatic ring is 1. The first-order valence-corrected chi connectivity index (χ1v) is 5.61. The summed E-state index contributed by atoms with van der Waals surface area (Å²) in [4.78, 5) is 10.2. The van der Waals surface area contributed by atoms with Crippen LogP contribution in [0.4, 0.5) is 5.69 Å². The molecule has 0 aliphatic rings. The molecular formula is C7H8N2O4S2. The van der Waals surface area contributed by atoms with Gasteiger partial charge in [-0.3, -0.25) is 0 Å². The summed E-state index contributed by atoms with van der Waals surface area (Å²) in [6.45, 7) is 0. The van der Waals surface area contributed by atoms with Gasteiger partial charge in [0, 0.05) is 10.6 Å². The smallest absolute Gasteiger partial charge is 0.335 e. The molecule has 1 rings (SSSR count). The Morgan fingerprint density at radius 3 is 2.33 bits per heavy atom. The van der Waals surface area contributed by atoms with Gasteiger partial charge in [0.1, 0.15) is 0 Å². The largest absolute Gasteiger partial charge is 0.478 e. The number of anilines is 1. The second-order valence-electron chi connectivity index (χ2n) is 2.76. The minimum absolute atomic E-state index is 0.0532. The third-order valence-electron chi connectivity index (χ3n) is 1.66. The van der Waals surface area contributed by atoms with Crippen LogP contribution in [0.3, 0.4) is 0 Å². The van der Waals surface area contributed by atoms with Crippen LogP contribution in [0.5, 0.6) is 0 Å². The van der Waals surface area contributed by atoms with E-state index >= 15 is 0 Å². The molecule has 1 aromatic carbocycles. The fourth-order valence-corrected chi connectivity index (χ4v) is 2.16. The number of hydrogen-bond donors (Lipinski definition) is 4. The zero-order valence-corrected chi connectivity index (χ0v) is 9.05. The van der Waals surface area contributed by atoms with Crippen LogP contribution in [0.1, 0.15) is 10.4 Å². The van der Waals surface area contributed by atoms with E-state index in [0.29, 0.717) is 0 Å². The molecule has 1 aromatic rings. The summed E-state index contributed by atoms with van der Waals surface area (Å²) in [7, 11) is -4.03. The molecular weight excluding hydrogens is 240 g/mol. The van der Waals surface area contributed by atoms with Crippen LogP contribution < -0.4 is 10.9 Å². The van der Waals surface area contributed by atoms with Crippen LogP contribution in [0.25, 0.3) is 0 Å². The van der Waals surface area contributed by atoms with E-state index in [1.807, 2.05) is 0 Å². The van der Waals surface area contributed by atoms with E-state index in [2.05, 4.69) is 12.6 Å². The van der Waals surface area contributed by atoms with Crippen molar-refractivity contribution in [2.24, 2.45) is 5.14 Å². The average molecular weight is 248 g/mol. The zero-order valence-electron chi connectivity index (χ0n) is 7.34. The molecule has 0 radical (unpaired) electrons. The zero-order chi connectivity index (χ0) is 11.8. The first kappa shape index (κ1) is 11.8. The van der Waals surface area contributed by atoms with Gasteiger partial charge < -0.3 is 10.8 Å². The van der Waals surface area contributed by atoms with E-state index in [0.717, 1.165) is 12.1 Å². The molecule has 0 saturated heterocycles. The highest BCUT2D eigenvalue weighted by atomic mass is 32.2. The van der Waals surface area contributed by atoms with Crippen molar-refractivity contribution in [1.82, 2.24) is 0 Å². The molecule has 0 fully saturated rings. The number of thiol groups is 1. The molecule has 5 N–H and O–H groups in total. The van der Waals surface area contributed by atoms with Gasteiger partial charge in [0.2, 0.25) is 10.0 Å². The van der Waals surface area contributed by atoms with Crippen molar-refractivity contribution >= 4 is 34.3 Å². The maximum Gasteiger partial charge on any atom is 0.335 e. The van der Waals surface area contributed by atoms with Crippen molar-refractivity contribution in [3.8, 4) is 0 Å². The Balaban J connectivity index is 3.59. The quantitative estimate of drug-likeness (QED) is 0.430. The first-order valence-electron chi connectivity index (χ1n) is 3.62. The summed E-state index contributed by atoms with van der Waals surface area (Å²) >= 11 is 3.84. The van der Waals surface area contributed by atoms with Crippen molar-refractivity contribution < 1.29 is 18.3 Å². The van der Waals surface area contributed by atoms with E-state index in [1.54, 1.807) is 0 Å². The number of carbonyl (C=O) groups is 1. The Hall–Kier alpha value is -1.25. The van der Waals surface area contributed by atoms with Crippen LogP contribution in [0.15, 0.2) is 21.9 Å². The number of carboxylic acids is 1. The number of nitrogens with two attached hydrogens (primary N) is 2. The molecule has 0 heterocycles. The van der Waals surface area contributed by atoms with Gasteiger partial charge in [-0.05, 0) is 12.1 Å². The van der Waals surface area contributed by atoms with Crippen LogP contribution in [-0.2, 0) is 10.0 Å². The van der Waals surface area contributed by atoms with Crippen molar-refractivity contribution in [2.45, 2.75) is 9.79 Å². The summed E-state index contributed by atoms with van der Waals surface area (Å²) in [6, 6.07) is 2.02. The van der Waals surface area contributed by atoms with Gasteiger partial charge in [0.05, 0.1) is 10.5 Å². The molecule has 0 bridgehead atoms. The predicted molar refractivity (Wildman–Crippen MR) is 56.4 cm³/mol. The van der Waals surface area contributed by atoms with Crippen molar-refractivity contribution in [3.63, 3.8) is 0 Å². The standard InChI is InChI=1S/C7H8N2O4S2/c8-4-1-3(7(10)11)2-5(6(4)14)15(9,12)13/h1-2,14H,8H2,(H,10,11)(H2,9,12,13). The lowest BCUT2D eigenvalue weighted by atomic mass is 10.2. The molecule has 15 heavy (non-hydrogen) atoms. The molecule has 0 amide bonds. The Morgan fingerprint density at radius 2 is 1.93 bits per heavy atom. The van der Waals surface area contributed by atoms with Gasteiger partial charge in [-0.15, -0.1) is 12.6 Å². The summed E-state index contributed by atoms with van der Waals surface area (Å²) < 4.78 is 22.1. The van der Waals surface area contributed by atoms with Crippen LogP contribution in [-0.4, -0.2) is 19.5 Å². The van der Waals surface area contributed by atoms with Gasteiger partial charge in [-0.25, -0.2) is 18.4 Å². The van der Waals surface area contributed by atoms with Gasteiger partial charge in [-0.2, -0.15) is 0 Å². The highest BCUT2D eigenvalue weighted by Gasteiger charge is 2.17. The first-order chi connectivity index (χ1) is 6.73. The van der Waals surface area contributed by atoms with Crippen molar-refractivity contribution in [2.75, 3.05) is 5.73 Å². The summed E-state index contributed by atoms with van der Waals surface area (Å²) in [5, 5.41) is 13.5. The lowest BCUT2D eigenvalue weighted by Crippen LogP contribution is -2.15. The van der Waals surface area contributed by atoms with Crippen molar-refractivity contribution in [1.29, 1.82) is 0 Å². The highest BCUT2D eigenvalue weighted by molar-refractivity contribution is 7.90. The Bertz CT molecular complexity index is 524. The molecule has 0 aliphatic heterocycles. The van der Waals surface area contributed by atoms with E-state index in [1.165, 1.54) is 0 Å². The number of primary sulfonamides is 1. The Kier molecular flexibility index (Phi) is 2.93. The highest BCUT2D eigenvalue weighted by Crippen LogP contribution is 2.26. The van der Waals surface area contributed by atoms with Gasteiger partial charge in [0.15, 0.2) is 0 Å². The second kappa shape index (κ2) is 3.72. The topological polar surface area (TPSA) is 123 Å². The third-order valence-corrected chi connectivity index (χ3v) is 3.24. The molecule has 82 valence electrons. The predicted octanol–water partition coefficient (Wildman–Crippen LogP) is -0.0969. The van der Waals surface area contributed by atoms with Crippen LogP contribution in [0, 0.1) is 0 Å². The Labute approximate surface area is 91.3 Å². The monoisotopic (exact) mass is 248 g/mol. The molecule has 0 aliphatic carbocycles. The van der Waals surface area contributed by atoms with E-state index < -0.39 is 20.9 Å². The number of rotatable bonds is 2. The maximum absolute atomic E-state index is 11.1. The third kappa shape index (κ3) is 2.41. The lowest BCUT2D eigenvalue weighted by molar-refractivity contribution is 0.0696. The van der Waals surface area contributed by atoms with Gasteiger partial charge in [-0.1, -0.05) is 0 Å². The summed E-state index contributed by atoms with van der Waals surface area (Å²) in [5.41, 5.74) is 5.09. The number of benzene rings is 1. The number of aromatic carboxylic acids is 1. The SMILES string of the molecule is Nc1cc(C(=O)O)cc(S(N)(=O)=O)c1S. The molecule has 8 heteroatoms. The molecule has 0 spiro atoms. The molecule has 0 unspecified atom stereocenters. The van der Waals surface area contributed by atoms with Gasteiger partial charge in [0.25, 0.3) is 0 Å². The van der Waals surface area contributed by atoms with E-state index in [9.17, 15) is 13.2 Å². The maximum atomic E-state index is 11.1. The van der Waals surface area contributed by atoms with Crippen molar-refractivity contribution in [3.05, 3.63) is 17.7 Å². The van der Waals surface area contributed by atoms with Crippen LogP contribution in [0.2, 0.25) is 0 Å². The lowest BCUT2D eigenvalue weighted by Gasteiger charge is -2.07. The minimum atomic E-state index is -4.03. The number of carboxylic acid groups (broad SMARTS) is 1. The van der Waals surface area contributed by atoms with E-state index in [-0.39, 0.29) is 16.1 Å². The fourth-order valence-electron chi connectivity index (χ4n) is 0.970. The van der Waals surface area contributed by atoms with Crippen LogP contribution >= 0.6 is 12.6 Å². The molecule has 0 saturated carbocycles. The molecule has 0 atom stereocenters. The fraction of sp³-hybridized carbons (Fsp3) is 0. The summed E-state index contributed by atoms with van der Waals surface area (Å²) in [6.07, 6.45) is 0. The molecule has 0 aromatic heterocycles.